The van der Waals surface area contributed by atoms with Gasteiger partial charge in [-0.2, -0.15) is 18.3 Å². The van der Waals surface area contributed by atoms with Gasteiger partial charge in [0.15, 0.2) is 5.78 Å². The summed E-state index contributed by atoms with van der Waals surface area (Å²) in [6, 6.07) is 5.83. The Kier molecular flexibility index (Phi) is 5.22. The molecular weight excluding hydrogens is 331 g/mol. The molecule has 9 heteroatoms. The van der Waals surface area contributed by atoms with Gasteiger partial charge in [-0.3, -0.25) is 14.6 Å². The molecule has 0 aliphatic heterocycles. The van der Waals surface area contributed by atoms with Gasteiger partial charge >= 0.3 is 6.18 Å². The maximum atomic E-state index is 12.9. The van der Waals surface area contributed by atoms with Crippen molar-refractivity contribution in [1.29, 1.82) is 0 Å². The molecule has 2 rings (SSSR count). The van der Waals surface area contributed by atoms with Crippen LogP contribution in [-0.2, 0) is 0 Å². The number of pyridine rings is 1. The number of rotatable bonds is 5. The molecule has 2 aromatic rings. The highest BCUT2D eigenvalue weighted by Gasteiger charge is 2.37. The highest BCUT2D eigenvalue weighted by atomic mass is 32.1. The predicted molar refractivity (Wildman–Crippen MR) is 78.5 cm³/mol. The van der Waals surface area contributed by atoms with Crippen LogP contribution in [0.4, 0.5) is 13.2 Å². The number of hydrogen-bond acceptors (Lipinski definition) is 5. The number of carbonyl (C=O) groups excluding carboxylic acids is 2. The summed E-state index contributed by atoms with van der Waals surface area (Å²) in [6.45, 7) is 0. The maximum absolute atomic E-state index is 12.9. The maximum Gasteiger partial charge on any atom is 0.431 e. The molecular formula is C14H10F3N3O2S. The van der Waals surface area contributed by atoms with Crippen LogP contribution in [0.15, 0.2) is 47.1 Å². The van der Waals surface area contributed by atoms with Crippen molar-refractivity contribution in [3.63, 3.8) is 0 Å². The lowest BCUT2D eigenvalue weighted by Crippen LogP contribution is -2.30. The molecule has 1 N–H and O–H groups in total. The number of alkyl halides is 3. The zero-order chi connectivity index (χ0) is 16.9. The molecule has 0 aromatic carbocycles. The van der Waals surface area contributed by atoms with E-state index < -0.39 is 30.0 Å². The zero-order valence-corrected chi connectivity index (χ0v) is 12.3. The molecule has 120 valence electrons. The van der Waals surface area contributed by atoms with E-state index in [0.717, 1.165) is 11.3 Å². The lowest BCUT2D eigenvalue weighted by molar-refractivity contribution is -0.0605. The average molecular weight is 341 g/mol. The van der Waals surface area contributed by atoms with E-state index in [1.54, 1.807) is 16.9 Å². The van der Waals surface area contributed by atoms with Crippen molar-refractivity contribution in [3.05, 3.63) is 52.5 Å². The first-order chi connectivity index (χ1) is 10.9. The summed E-state index contributed by atoms with van der Waals surface area (Å²) < 4.78 is 38.8. The molecule has 5 nitrogen and oxygen atoms in total. The van der Waals surface area contributed by atoms with Crippen LogP contribution in [0.2, 0.25) is 0 Å². The first kappa shape index (κ1) is 16.8. The number of nitrogens with one attached hydrogen (secondary N) is 1. The normalized spacial score (nSPS) is 12.0. The molecule has 0 radical (unpaired) electrons. The Labute approximate surface area is 132 Å². The van der Waals surface area contributed by atoms with Crippen LogP contribution >= 0.6 is 11.3 Å². The summed E-state index contributed by atoms with van der Waals surface area (Å²) in [5.41, 5.74) is 0.487. The number of aromatic nitrogens is 1. The van der Waals surface area contributed by atoms with E-state index >= 15 is 0 Å². The van der Waals surface area contributed by atoms with Crippen LogP contribution in [0.1, 0.15) is 26.5 Å². The first-order valence-electron chi connectivity index (χ1n) is 6.29. The molecule has 2 heterocycles. The smallest absolute Gasteiger partial charge is 0.293 e. The molecule has 0 aliphatic rings. The average Bonchev–Trinajstić information content (AvgIpc) is 3.05. The van der Waals surface area contributed by atoms with Gasteiger partial charge in [-0.25, -0.2) is 5.43 Å². The van der Waals surface area contributed by atoms with E-state index in [0.29, 0.717) is 0 Å². The topological polar surface area (TPSA) is 71.4 Å². The van der Waals surface area contributed by atoms with Crippen molar-refractivity contribution in [2.24, 2.45) is 5.10 Å². The number of thiophene rings is 1. The van der Waals surface area contributed by atoms with Gasteiger partial charge in [-0.05, 0) is 23.6 Å². The number of halogens is 3. The minimum atomic E-state index is -4.82. The summed E-state index contributed by atoms with van der Waals surface area (Å²) in [7, 11) is 0. The second kappa shape index (κ2) is 7.14. The van der Waals surface area contributed by atoms with Gasteiger partial charge in [-0.15, -0.1) is 11.3 Å². The number of nitrogens with zero attached hydrogens (tertiary/aromatic N) is 2. The van der Waals surface area contributed by atoms with Gasteiger partial charge in [0.25, 0.3) is 5.91 Å². The number of carbonyl (C=O) groups is 2. The monoisotopic (exact) mass is 341 g/mol. The second-order valence-electron chi connectivity index (χ2n) is 4.32. The minimum absolute atomic E-state index is 0.0577. The Morgan fingerprint density at radius 2 is 2.04 bits per heavy atom. The van der Waals surface area contributed by atoms with Gasteiger partial charge in [0.1, 0.15) is 5.71 Å². The fourth-order valence-electron chi connectivity index (χ4n) is 1.56. The Bertz CT molecular complexity index is 713. The SMILES string of the molecule is O=C(N/N=C(/CC(=O)c1cccs1)C(F)(F)F)c1cccnc1. The van der Waals surface area contributed by atoms with Crippen molar-refractivity contribution in [2.75, 3.05) is 0 Å². The quantitative estimate of drug-likeness (QED) is 0.516. The Morgan fingerprint density at radius 1 is 1.26 bits per heavy atom. The van der Waals surface area contributed by atoms with Crippen molar-refractivity contribution in [2.45, 2.75) is 12.6 Å². The third kappa shape index (κ3) is 4.71. The fraction of sp³-hybridized carbons (Fsp3) is 0.143. The Morgan fingerprint density at radius 3 is 2.61 bits per heavy atom. The molecule has 0 saturated heterocycles. The van der Waals surface area contributed by atoms with Gasteiger partial charge in [-0.1, -0.05) is 6.07 Å². The van der Waals surface area contributed by atoms with E-state index in [4.69, 9.17) is 0 Å². The second-order valence-corrected chi connectivity index (χ2v) is 5.26. The number of Topliss-reactive ketones (excluding diaryl/α,β-unsaturated/α-hetero) is 1. The predicted octanol–water partition coefficient (Wildman–Crippen LogP) is 3.06. The van der Waals surface area contributed by atoms with Crippen molar-refractivity contribution in [3.8, 4) is 0 Å². The van der Waals surface area contributed by atoms with Crippen molar-refractivity contribution >= 4 is 28.7 Å². The van der Waals surface area contributed by atoms with Gasteiger partial charge in [0, 0.05) is 12.4 Å². The van der Waals surface area contributed by atoms with Crippen molar-refractivity contribution in [1.82, 2.24) is 10.4 Å². The van der Waals surface area contributed by atoms with Crippen LogP contribution in [0.5, 0.6) is 0 Å². The largest absolute Gasteiger partial charge is 0.431 e. The molecule has 0 spiro atoms. The standard InChI is InChI=1S/C14H10F3N3O2S/c15-14(16,17)12(7-10(21)11-4-2-6-23-11)19-20-13(22)9-3-1-5-18-8-9/h1-6,8H,7H2,(H,20,22)/b19-12-. The van der Waals surface area contributed by atoms with Crippen LogP contribution in [-0.4, -0.2) is 28.6 Å². The van der Waals surface area contributed by atoms with Crippen molar-refractivity contribution < 1.29 is 22.8 Å². The van der Waals surface area contributed by atoms with Gasteiger partial charge in [0.05, 0.1) is 16.9 Å². The van der Waals surface area contributed by atoms with Gasteiger partial charge in [0.2, 0.25) is 0 Å². The molecule has 0 fully saturated rings. The number of hydrogen-bond donors (Lipinski definition) is 1. The summed E-state index contributed by atoms with van der Waals surface area (Å²) >= 11 is 1.04. The van der Waals surface area contributed by atoms with E-state index in [-0.39, 0.29) is 10.4 Å². The third-order valence-electron chi connectivity index (χ3n) is 2.67. The summed E-state index contributed by atoms with van der Waals surface area (Å²) in [5.74, 6) is -1.56. The molecule has 1 amide bonds. The Balaban J connectivity index is 2.12. The summed E-state index contributed by atoms with van der Waals surface area (Å²) in [5, 5.41) is 4.65. The van der Waals surface area contributed by atoms with E-state index in [9.17, 15) is 22.8 Å². The van der Waals surface area contributed by atoms with Crippen LogP contribution in [0.25, 0.3) is 0 Å². The summed E-state index contributed by atoms with van der Waals surface area (Å²) in [6.07, 6.45) is -3.16. The highest BCUT2D eigenvalue weighted by Crippen LogP contribution is 2.22. The van der Waals surface area contributed by atoms with Crippen LogP contribution in [0, 0.1) is 0 Å². The van der Waals surface area contributed by atoms with E-state index in [2.05, 4.69) is 10.1 Å². The molecule has 0 atom stereocenters. The van der Waals surface area contributed by atoms with E-state index in [1.807, 2.05) is 0 Å². The fourth-order valence-corrected chi connectivity index (χ4v) is 2.22. The molecule has 2 aromatic heterocycles. The molecule has 0 saturated carbocycles. The van der Waals surface area contributed by atoms with Crippen LogP contribution in [0.3, 0.4) is 0 Å². The first-order valence-corrected chi connectivity index (χ1v) is 7.16. The molecule has 0 bridgehead atoms. The van der Waals surface area contributed by atoms with E-state index in [1.165, 1.54) is 30.6 Å². The zero-order valence-electron chi connectivity index (χ0n) is 11.5. The molecule has 0 unspecified atom stereocenters. The number of amides is 1. The minimum Gasteiger partial charge on any atom is -0.293 e. The third-order valence-corrected chi connectivity index (χ3v) is 3.58. The summed E-state index contributed by atoms with van der Waals surface area (Å²) in [4.78, 5) is 27.3. The number of hydrazone groups is 1. The number of ketones is 1. The Hall–Kier alpha value is -2.55. The van der Waals surface area contributed by atoms with Gasteiger partial charge < -0.3 is 0 Å². The molecule has 23 heavy (non-hydrogen) atoms. The molecule has 0 aliphatic carbocycles. The van der Waals surface area contributed by atoms with Crippen LogP contribution < -0.4 is 5.43 Å². The highest BCUT2D eigenvalue weighted by molar-refractivity contribution is 7.12. The lowest BCUT2D eigenvalue weighted by Gasteiger charge is -2.09. The lowest BCUT2D eigenvalue weighted by atomic mass is 10.1.